The highest BCUT2D eigenvalue weighted by Gasteiger charge is 2.13. The molecule has 0 aromatic heterocycles. The van der Waals surface area contributed by atoms with Crippen molar-refractivity contribution in [2.75, 3.05) is 20.2 Å². The van der Waals surface area contributed by atoms with Crippen LogP contribution in [0.25, 0.3) is 0 Å². The number of ether oxygens (including phenoxy) is 1. The molecule has 2 unspecified atom stereocenters. The summed E-state index contributed by atoms with van der Waals surface area (Å²) >= 11 is 0. The third-order valence-corrected chi connectivity index (χ3v) is 4.71. The molecule has 7 heteroatoms. The number of benzene rings is 1. The van der Waals surface area contributed by atoms with E-state index >= 15 is 0 Å². The predicted molar refractivity (Wildman–Crippen MR) is 132 cm³/mol. The van der Waals surface area contributed by atoms with Gasteiger partial charge in [0, 0.05) is 38.3 Å². The fourth-order valence-electron chi connectivity index (χ4n) is 2.79. The second kappa shape index (κ2) is 15.5. The molecular formula is C22H39IN4O2. The highest BCUT2D eigenvalue weighted by molar-refractivity contribution is 14.0. The summed E-state index contributed by atoms with van der Waals surface area (Å²) in [6.07, 6.45) is 2.09. The van der Waals surface area contributed by atoms with Crippen molar-refractivity contribution in [1.29, 1.82) is 0 Å². The first-order chi connectivity index (χ1) is 13.4. The molecule has 1 aromatic carbocycles. The summed E-state index contributed by atoms with van der Waals surface area (Å²) in [5, 5.41) is 9.64. The number of halogens is 1. The second-order valence-electron chi connectivity index (χ2n) is 7.36. The van der Waals surface area contributed by atoms with Crippen LogP contribution in [0.5, 0.6) is 0 Å². The number of hydrogen-bond donors (Lipinski definition) is 3. The Kier molecular flexibility index (Phi) is 14.8. The smallest absolute Gasteiger partial charge is 0.251 e. The molecule has 6 nitrogen and oxygen atoms in total. The van der Waals surface area contributed by atoms with Gasteiger partial charge in [-0.2, -0.15) is 0 Å². The van der Waals surface area contributed by atoms with Crippen LogP contribution in [0.3, 0.4) is 0 Å². The Morgan fingerprint density at radius 2 is 1.90 bits per heavy atom. The van der Waals surface area contributed by atoms with Crippen LogP contribution in [-0.4, -0.2) is 44.2 Å². The van der Waals surface area contributed by atoms with Gasteiger partial charge in [-0.25, -0.2) is 0 Å². The van der Waals surface area contributed by atoms with Crippen LogP contribution in [0.4, 0.5) is 0 Å². The molecule has 29 heavy (non-hydrogen) atoms. The van der Waals surface area contributed by atoms with Gasteiger partial charge in [-0.15, -0.1) is 24.0 Å². The minimum atomic E-state index is -0.0330. The summed E-state index contributed by atoms with van der Waals surface area (Å²) in [5.74, 6) is 1.20. The molecular weight excluding hydrogens is 479 g/mol. The van der Waals surface area contributed by atoms with Crippen molar-refractivity contribution in [3.63, 3.8) is 0 Å². The van der Waals surface area contributed by atoms with Crippen molar-refractivity contribution in [2.24, 2.45) is 10.9 Å². The largest absolute Gasteiger partial charge is 0.378 e. The van der Waals surface area contributed by atoms with Gasteiger partial charge in [0.05, 0.1) is 6.10 Å². The number of nitrogens with zero attached hydrogens (tertiary/aromatic N) is 1. The number of guanidine groups is 1. The van der Waals surface area contributed by atoms with Gasteiger partial charge >= 0.3 is 0 Å². The number of rotatable bonds is 11. The topological polar surface area (TPSA) is 74.8 Å². The van der Waals surface area contributed by atoms with Gasteiger partial charge < -0.3 is 20.7 Å². The van der Waals surface area contributed by atoms with Gasteiger partial charge in [0.25, 0.3) is 5.91 Å². The van der Waals surface area contributed by atoms with Crippen molar-refractivity contribution < 1.29 is 9.53 Å². The SMILES string of the molecule is CCOC(CCNC(=NC)NCc1cccc(C(=O)NC(C)CC)c1)C(C)C.I. The van der Waals surface area contributed by atoms with Gasteiger partial charge in [-0.05, 0) is 50.3 Å². The number of carbonyl (C=O) groups excluding carboxylic acids is 1. The van der Waals surface area contributed by atoms with Crippen molar-refractivity contribution in [3.05, 3.63) is 35.4 Å². The van der Waals surface area contributed by atoms with Crippen LogP contribution in [-0.2, 0) is 11.3 Å². The number of carbonyl (C=O) groups is 1. The van der Waals surface area contributed by atoms with E-state index in [-0.39, 0.29) is 42.0 Å². The molecule has 0 fully saturated rings. The molecule has 0 aliphatic carbocycles. The van der Waals surface area contributed by atoms with E-state index in [0.29, 0.717) is 18.0 Å². The Labute approximate surface area is 193 Å². The molecule has 1 rings (SSSR count). The van der Waals surface area contributed by atoms with E-state index < -0.39 is 0 Å². The van der Waals surface area contributed by atoms with Gasteiger partial charge in [0.15, 0.2) is 5.96 Å². The summed E-state index contributed by atoms with van der Waals surface area (Å²) in [5.41, 5.74) is 1.72. The highest BCUT2D eigenvalue weighted by Crippen LogP contribution is 2.10. The monoisotopic (exact) mass is 518 g/mol. The first-order valence-electron chi connectivity index (χ1n) is 10.4. The van der Waals surface area contributed by atoms with E-state index in [1.807, 2.05) is 38.1 Å². The van der Waals surface area contributed by atoms with E-state index in [4.69, 9.17) is 4.74 Å². The Morgan fingerprint density at radius 3 is 2.48 bits per heavy atom. The minimum absolute atomic E-state index is 0. The van der Waals surface area contributed by atoms with E-state index in [2.05, 4.69) is 41.7 Å². The quantitative estimate of drug-likeness (QED) is 0.236. The number of nitrogens with one attached hydrogen (secondary N) is 3. The third kappa shape index (κ3) is 10.8. The van der Waals surface area contributed by atoms with Crippen LogP contribution >= 0.6 is 24.0 Å². The van der Waals surface area contributed by atoms with Crippen LogP contribution in [0, 0.1) is 5.92 Å². The average molecular weight is 518 g/mol. The van der Waals surface area contributed by atoms with Crippen LogP contribution < -0.4 is 16.0 Å². The van der Waals surface area contributed by atoms with Crippen molar-refractivity contribution in [1.82, 2.24) is 16.0 Å². The maximum absolute atomic E-state index is 12.3. The normalized spacial score (nSPS) is 13.4. The van der Waals surface area contributed by atoms with Crippen LogP contribution in [0.2, 0.25) is 0 Å². The zero-order valence-electron chi connectivity index (χ0n) is 18.7. The van der Waals surface area contributed by atoms with Crippen molar-refractivity contribution in [3.8, 4) is 0 Å². The first-order valence-corrected chi connectivity index (χ1v) is 10.4. The Balaban J connectivity index is 0.00000784. The lowest BCUT2D eigenvalue weighted by Gasteiger charge is -2.21. The third-order valence-electron chi connectivity index (χ3n) is 4.71. The van der Waals surface area contributed by atoms with E-state index in [0.717, 1.165) is 37.5 Å². The average Bonchev–Trinajstić information content (AvgIpc) is 2.69. The summed E-state index contributed by atoms with van der Waals surface area (Å²) in [6, 6.07) is 7.84. The van der Waals surface area contributed by atoms with Crippen molar-refractivity contribution in [2.45, 2.75) is 66.2 Å². The van der Waals surface area contributed by atoms with Gasteiger partial charge in [-0.1, -0.05) is 32.9 Å². The molecule has 0 aliphatic heterocycles. The second-order valence-corrected chi connectivity index (χ2v) is 7.36. The molecule has 166 valence electrons. The van der Waals surface area contributed by atoms with Crippen LogP contribution in [0.1, 0.15) is 63.4 Å². The first kappa shape index (κ1) is 27.6. The number of hydrogen-bond acceptors (Lipinski definition) is 3. The maximum atomic E-state index is 12.3. The molecule has 0 heterocycles. The summed E-state index contributed by atoms with van der Waals surface area (Å²) in [6.45, 7) is 12.6. The molecule has 0 saturated heterocycles. The molecule has 1 amide bonds. The Morgan fingerprint density at radius 1 is 1.17 bits per heavy atom. The van der Waals surface area contributed by atoms with E-state index in [1.165, 1.54) is 0 Å². The predicted octanol–water partition coefficient (Wildman–Crippen LogP) is 3.95. The lowest BCUT2D eigenvalue weighted by Crippen LogP contribution is -2.39. The van der Waals surface area contributed by atoms with Crippen molar-refractivity contribution >= 4 is 35.8 Å². The number of amides is 1. The van der Waals surface area contributed by atoms with E-state index in [9.17, 15) is 4.79 Å². The molecule has 0 saturated carbocycles. The fourth-order valence-corrected chi connectivity index (χ4v) is 2.79. The molecule has 2 atom stereocenters. The molecule has 0 radical (unpaired) electrons. The number of aliphatic imine (C=N–C) groups is 1. The van der Waals surface area contributed by atoms with Gasteiger partial charge in [-0.3, -0.25) is 9.79 Å². The minimum Gasteiger partial charge on any atom is -0.378 e. The maximum Gasteiger partial charge on any atom is 0.251 e. The van der Waals surface area contributed by atoms with Crippen LogP contribution in [0.15, 0.2) is 29.3 Å². The standard InChI is InChI=1S/C22H38N4O2.HI/c1-7-17(5)26-21(27)19-11-9-10-18(14-19)15-25-22(23-6)24-13-12-20(16(3)4)28-8-2;/h9-11,14,16-17,20H,7-8,12-13,15H2,1-6H3,(H,26,27)(H2,23,24,25);1H. The Hall–Kier alpha value is -1.35. The van der Waals surface area contributed by atoms with E-state index in [1.54, 1.807) is 7.05 Å². The van der Waals surface area contributed by atoms with Gasteiger partial charge in [0.1, 0.15) is 0 Å². The fraction of sp³-hybridized carbons (Fsp3) is 0.636. The highest BCUT2D eigenvalue weighted by atomic mass is 127. The molecule has 1 aromatic rings. The zero-order valence-corrected chi connectivity index (χ0v) is 21.1. The lowest BCUT2D eigenvalue weighted by molar-refractivity contribution is 0.0258. The summed E-state index contributed by atoms with van der Waals surface area (Å²) in [4.78, 5) is 16.6. The summed E-state index contributed by atoms with van der Waals surface area (Å²) in [7, 11) is 1.76. The molecule has 0 spiro atoms. The summed E-state index contributed by atoms with van der Waals surface area (Å²) < 4.78 is 5.78. The Bertz CT molecular complexity index is 623. The molecule has 0 aliphatic rings. The lowest BCUT2D eigenvalue weighted by atomic mass is 10.0. The molecule has 3 N–H and O–H groups in total. The van der Waals surface area contributed by atoms with Gasteiger partial charge in [0.2, 0.25) is 0 Å². The zero-order chi connectivity index (χ0) is 20.9. The molecule has 0 bridgehead atoms.